The van der Waals surface area contributed by atoms with Crippen molar-refractivity contribution in [3.05, 3.63) is 77.2 Å². The van der Waals surface area contributed by atoms with Gasteiger partial charge in [-0.1, -0.05) is 78.6 Å². The molecule has 0 bridgehead atoms. The molecule has 0 saturated carbocycles. The van der Waals surface area contributed by atoms with Crippen molar-refractivity contribution in [3.8, 4) is 5.75 Å². The van der Waals surface area contributed by atoms with Crippen LogP contribution >= 0.6 is 24.0 Å². The van der Waals surface area contributed by atoms with Crippen molar-refractivity contribution in [2.75, 3.05) is 11.9 Å². The molecule has 1 aliphatic heterocycles. The van der Waals surface area contributed by atoms with E-state index in [9.17, 15) is 9.59 Å². The highest BCUT2D eigenvalue weighted by molar-refractivity contribution is 8.26. The predicted octanol–water partition coefficient (Wildman–Crippen LogP) is 4.35. The molecule has 0 aliphatic carbocycles. The fourth-order valence-electron chi connectivity index (χ4n) is 2.96. The number of amides is 2. The molecule has 4 rings (SSSR count). The predicted molar refractivity (Wildman–Crippen MR) is 121 cm³/mol. The van der Waals surface area contributed by atoms with Gasteiger partial charge in [-0.2, -0.15) is 0 Å². The number of para-hydroxylation sites is 1. The first-order chi connectivity index (χ1) is 14.1. The minimum Gasteiger partial charge on any atom is -0.483 e. The Hall–Kier alpha value is -3.16. The Bertz CT molecular complexity index is 1150. The largest absolute Gasteiger partial charge is 0.483 e. The number of ether oxygens (including phenoxy) is 1. The van der Waals surface area contributed by atoms with Gasteiger partial charge < -0.3 is 15.4 Å². The maximum Gasteiger partial charge on any atom is 0.263 e. The Morgan fingerprint density at radius 1 is 1.07 bits per heavy atom. The first-order valence-corrected chi connectivity index (χ1v) is 10.1. The molecule has 0 spiro atoms. The first-order valence-electron chi connectivity index (χ1n) is 8.84. The van der Waals surface area contributed by atoms with Crippen LogP contribution in [-0.4, -0.2) is 22.7 Å². The molecule has 0 unspecified atom stereocenters. The zero-order valence-corrected chi connectivity index (χ0v) is 16.8. The van der Waals surface area contributed by atoms with E-state index in [0.717, 1.165) is 16.5 Å². The molecule has 0 atom stereocenters. The van der Waals surface area contributed by atoms with E-state index >= 15 is 0 Å². The van der Waals surface area contributed by atoms with Crippen LogP contribution in [0.1, 0.15) is 5.56 Å². The molecule has 0 aromatic heterocycles. The highest BCUT2D eigenvalue weighted by Gasteiger charge is 2.22. The SMILES string of the molecule is O=C(COc1ccccc1/C=C1\SC(=S)NC1=O)Nc1cccc2ccccc12. The van der Waals surface area contributed by atoms with Crippen LogP contribution in [-0.2, 0) is 9.59 Å². The minimum absolute atomic E-state index is 0.152. The molecular formula is C22H16N2O3S2. The Balaban J connectivity index is 1.47. The summed E-state index contributed by atoms with van der Waals surface area (Å²) < 4.78 is 6.15. The van der Waals surface area contributed by atoms with Gasteiger partial charge in [-0.3, -0.25) is 9.59 Å². The lowest BCUT2D eigenvalue weighted by Gasteiger charge is -2.11. The van der Waals surface area contributed by atoms with Gasteiger partial charge in [-0.05, 0) is 23.6 Å². The summed E-state index contributed by atoms with van der Waals surface area (Å²) in [6.45, 7) is -0.152. The number of carbonyl (C=O) groups excluding carboxylic acids is 2. The summed E-state index contributed by atoms with van der Waals surface area (Å²) >= 11 is 6.21. The molecule has 1 aliphatic rings. The molecule has 29 heavy (non-hydrogen) atoms. The lowest BCUT2D eigenvalue weighted by atomic mass is 10.1. The van der Waals surface area contributed by atoms with Crippen LogP contribution in [0, 0.1) is 0 Å². The Kier molecular flexibility index (Phi) is 5.59. The van der Waals surface area contributed by atoms with Crippen molar-refractivity contribution in [2.45, 2.75) is 0 Å². The van der Waals surface area contributed by atoms with Crippen molar-refractivity contribution < 1.29 is 14.3 Å². The number of rotatable bonds is 5. The normalized spacial score (nSPS) is 14.8. The van der Waals surface area contributed by atoms with Gasteiger partial charge >= 0.3 is 0 Å². The molecule has 1 saturated heterocycles. The lowest BCUT2D eigenvalue weighted by Crippen LogP contribution is -2.20. The van der Waals surface area contributed by atoms with E-state index in [4.69, 9.17) is 17.0 Å². The van der Waals surface area contributed by atoms with Crippen molar-refractivity contribution in [1.29, 1.82) is 0 Å². The lowest BCUT2D eigenvalue weighted by molar-refractivity contribution is -0.118. The number of anilines is 1. The van der Waals surface area contributed by atoms with Crippen molar-refractivity contribution >= 4 is 62.7 Å². The van der Waals surface area contributed by atoms with Gasteiger partial charge in [0.05, 0.1) is 4.91 Å². The van der Waals surface area contributed by atoms with Gasteiger partial charge in [0.2, 0.25) is 0 Å². The number of hydrogen-bond acceptors (Lipinski definition) is 5. The molecule has 0 radical (unpaired) electrons. The highest BCUT2D eigenvalue weighted by atomic mass is 32.2. The van der Waals surface area contributed by atoms with Crippen LogP contribution < -0.4 is 15.4 Å². The third-order valence-electron chi connectivity index (χ3n) is 4.27. The van der Waals surface area contributed by atoms with Crippen LogP contribution in [0.15, 0.2) is 71.6 Å². The number of benzene rings is 3. The van der Waals surface area contributed by atoms with Gasteiger partial charge in [-0.25, -0.2) is 0 Å². The van der Waals surface area contributed by atoms with E-state index in [1.165, 1.54) is 11.8 Å². The van der Waals surface area contributed by atoms with E-state index in [0.29, 0.717) is 20.5 Å². The summed E-state index contributed by atoms with van der Waals surface area (Å²) in [6, 6.07) is 20.8. The zero-order valence-electron chi connectivity index (χ0n) is 15.2. The molecule has 2 N–H and O–H groups in total. The average Bonchev–Trinajstić information content (AvgIpc) is 3.04. The van der Waals surface area contributed by atoms with E-state index in [2.05, 4.69) is 10.6 Å². The number of carbonyl (C=O) groups is 2. The Morgan fingerprint density at radius 3 is 2.66 bits per heavy atom. The van der Waals surface area contributed by atoms with Gasteiger partial charge in [0, 0.05) is 16.6 Å². The molecule has 144 valence electrons. The second-order valence-electron chi connectivity index (χ2n) is 6.25. The maximum absolute atomic E-state index is 12.4. The fourth-order valence-corrected chi connectivity index (χ4v) is 3.99. The molecule has 3 aromatic carbocycles. The smallest absolute Gasteiger partial charge is 0.263 e. The Morgan fingerprint density at radius 2 is 1.83 bits per heavy atom. The van der Waals surface area contributed by atoms with E-state index in [-0.39, 0.29) is 18.4 Å². The third kappa shape index (κ3) is 4.47. The molecular weight excluding hydrogens is 404 g/mol. The quantitative estimate of drug-likeness (QED) is 0.475. The van der Waals surface area contributed by atoms with Gasteiger partial charge in [0.15, 0.2) is 6.61 Å². The number of hydrogen-bond donors (Lipinski definition) is 2. The van der Waals surface area contributed by atoms with E-state index in [1.54, 1.807) is 12.1 Å². The van der Waals surface area contributed by atoms with Crippen LogP contribution in [0.5, 0.6) is 5.75 Å². The fraction of sp³-hybridized carbons (Fsp3) is 0.0455. The number of thiocarbonyl (C=S) groups is 1. The summed E-state index contributed by atoms with van der Waals surface area (Å²) in [4.78, 5) is 24.8. The van der Waals surface area contributed by atoms with Crippen LogP contribution in [0.4, 0.5) is 5.69 Å². The summed E-state index contributed by atoms with van der Waals surface area (Å²) in [5, 5.41) is 7.49. The van der Waals surface area contributed by atoms with Crippen LogP contribution in [0.2, 0.25) is 0 Å². The third-order valence-corrected chi connectivity index (χ3v) is 5.43. The number of thioether (sulfide) groups is 1. The molecule has 7 heteroatoms. The average molecular weight is 421 g/mol. The minimum atomic E-state index is -0.266. The van der Waals surface area contributed by atoms with Crippen LogP contribution in [0.3, 0.4) is 0 Å². The van der Waals surface area contributed by atoms with Crippen LogP contribution in [0.25, 0.3) is 16.8 Å². The van der Waals surface area contributed by atoms with Crippen molar-refractivity contribution in [1.82, 2.24) is 5.32 Å². The van der Waals surface area contributed by atoms with E-state index in [1.807, 2.05) is 60.7 Å². The molecule has 3 aromatic rings. The molecule has 1 fully saturated rings. The molecule has 2 amide bonds. The molecule has 5 nitrogen and oxygen atoms in total. The monoisotopic (exact) mass is 420 g/mol. The van der Waals surface area contributed by atoms with Crippen molar-refractivity contribution in [3.63, 3.8) is 0 Å². The van der Waals surface area contributed by atoms with Gasteiger partial charge in [0.1, 0.15) is 10.1 Å². The second-order valence-corrected chi connectivity index (χ2v) is 7.97. The second kappa shape index (κ2) is 8.46. The van der Waals surface area contributed by atoms with Crippen molar-refractivity contribution in [2.24, 2.45) is 0 Å². The highest BCUT2D eigenvalue weighted by Crippen LogP contribution is 2.29. The van der Waals surface area contributed by atoms with E-state index < -0.39 is 0 Å². The zero-order chi connectivity index (χ0) is 20.2. The number of fused-ring (bicyclic) bond motifs is 1. The first kappa shape index (κ1) is 19.2. The van der Waals surface area contributed by atoms with Gasteiger partial charge in [0.25, 0.3) is 11.8 Å². The van der Waals surface area contributed by atoms with Gasteiger partial charge in [-0.15, -0.1) is 0 Å². The summed E-state index contributed by atoms with van der Waals surface area (Å²) in [5.74, 6) is 0.0146. The standard InChI is InChI=1S/C22H16N2O3S2/c25-20(23-17-10-5-8-14-6-1-3-9-16(14)17)13-27-18-11-4-2-7-15(18)12-19-21(26)24-22(28)29-19/h1-12H,13H2,(H,23,25)(H,24,26,28)/b19-12-. The Labute approximate surface area is 177 Å². The maximum atomic E-state index is 12.4. The molecule has 1 heterocycles. The summed E-state index contributed by atoms with van der Waals surface area (Å²) in [7, 11) is 0. The summed E-state index contributed by atoms with van der Waals surface area (Å²) in [5.41, 5.74) is 1.44. The summed E-state index contributed by atoms with van der Waals surface area (Å²) in [6.07, 6.45) is 1.71. The topological polar surface area (TPSA) is 67.4 Å². The number of nitrogens with one attached hydrogen (secondary N) is 2.